The lowest BCUT2D eigenvalue weighted by Gasteiger charge is -2.24. The van der Waals surface area contributed by atoms with Crippen LogP contribution in [0.3, 0.4) is 0 Å². The Labute approximate surface area is 241 Å². The Bertz CT molecular complexity index is 1320. The molecule has 4 rings (SSSR count). The first kappa shape index (κ1) is 30.1. The number of aromatic nitrogens is 1. The summed E-state index contributed by atoms with van der Waals surface area (Å²) in [5.41, 5.74) is 3.09. The molecule has 4 N–H and O–H groups in total. The highest BCUT2D eigenvalue weighted by Crippen LogP contribution is 2.22. The second-order valence-electron chi connectivity index (χ2n) is 11.0. The first-order chi connectivity index (χ1) is 19.9. The molecule has 8 nitrogen and oxygen atoms in total. The van der Waals surface area contributed by atoms with Gasteiger partial charge in [-0.2, -0.15) is 0 Å². The molecule has 3 aromatic rings. The van der Waals surface area contributed by atoms with E-state index in [1.807, 2.05) is 72.9 Å². The number of benzene rings is 2. The number of aromatic amines is 1. The molecule has 0 fully saturated rings. The number of cyclic esters (lactones) is 1. The van der Waals surface area contributed by atoms with Gasteiger partial charge < -0.3 is 25.5 Å². The quantitative estimate of drug-likeness (QED) is 0.243. The fraction of sp³-hybridized carbons (Fsp3) is 0.424. The predicted molar refractivity (Wildman–Crippen MR) is 159 cm³/mol. The van der Waals surface area contributed by atoms with Crippen molar-refractivity contribution < 1.29 is 24.2 Å². The van der Waals surface area contributed by atoms with Crippen molar-refractivity contribution in [3.05, 3.63) is 84.1 Å². The van der Waals surface area contributed by atoms with Crippen molar-refractivity contribution in [2.45, 2.75) is 64.0 Å². The third kappa shape index (κ3) is 9.05. The first-order valence-corrected chi connectivity index (χ1v) is 14.5. The number of hydrogen-bond acceptors (Lipinski definition) is 5. The predicted octanol–water partition coefficient (Wildman–Crippen LogP) is 4.23. The number of hydrogen-bond donors (Lipinski definition) is 4. The maximum Gasteiger partial charge on any atom is 0.309 e. The molecule has 0 bridgehead atoms. The topological polar surface area (TPSA) is 121 Å². The molecule has 0 aliphatic carbocycles. The molecule has 1 aliphatic rings. The molecule has 0 radical (unpaired) electrons. The summed E-state index contributed by atoms with van der Waals surface area (Å²) in [6, 6.07) is 17.0. The number of para-hydroxylation sites is 1. The van der Waals surface area contributed by atoms with Crippen LogP contribution in [0.2, 0.25) is 0 Å². The largest absolute Gasteiger partial charge is 0.463 e. The number of carbonyl (C=O) groups is 3. The van der Waals surface area contributed by atoms with Gasteiger partial charge in [0.05, 0.1) is 24.5 Å². The van der Waals surface area contributed by atoms with E-state index in [0.29, 0.717) is 25.7 Å². The number of rotatable bonds is 8. The lowest BCUT2D eigenvalue weighted by Crippen LogP contribution is -2.45. The fourth-order valence-corrected chi connectivity index (χ4v) is 5.29. The van der Waals surface area contributed by atoms with Crippen molar-refractivity contribution in [2.24, 2.45) is 11.8 Å². The second-order valence-corrected chi connectivity index (χ2v) is 11.0. The number of aliphatic hydroxyl groups excluding tert-OH is 1. The summed E-state index contributed by atoms with van der Waals surface area (Å²) < 4.78 is 5.89. The molecule has 0 saturated heterocycles. The Morgan fingerprint density at radius 1 is 1.05 bits per heavy atom. The number of esters is 1. The van der Waals surface area contributed by atoms with Crippen LogP contribution in [0.15, 0.2) is 72.9 Å². The number of nitrogens with one attached hydrogen (secondary N) is 3. The molecular weight excluding hydrogens is 518 g/mol. The number of aliphatic hydroxyl groups is 1. The van der Waals surface area contributed by atoms with Crippen molar-refractivity contribution in [3.63, 3.8) is 0 Å². The summed E-state index contributed by atoms with van der Waals surface area (Å²) in [6.07, 6.45) is 9.66. The van der Waals surface area contributed by atoms with Crippen LogP contribution in [0.1, 0.15) is 50.2 Å². The summed E-state index contributed by atoms with van der Waals surface area (Å²) in [5.74, 6) is -1.68. The minimum atomic E-state index is -0.591. The lowest BCUT2D eigenvalue weighted by atomic mass is 9.93. The van der Waals surface area contributed by atoms with Crippen molar-refractivity contribution in [3.8, 4) is 0 Å². The van der Waals surface area contributed by atoms with Crippen LogP contribution in [0.25, 0.3) is 10.9 Å². The number of allylic oxidation sites excluding steroid dienone is 2. The minimum absolute atomic E-state index is 0.000738. The highest BCUT2D eigenvalue weighted by molar-refractivity contribution is 5.86. The van der Waals surface area contributed by atoms with Crippen LogP contribution in [-0.4, -0.2) is 53.2 Å². The number of ether oxygens (including phenoxy) is 1. The van der Waals surface area contributed by atoms with E-state index in [1.54, 1.807) is 6.92 Å². The van der Waals surface area contributed by atoms with Crippen molar-refractivity contribution in [1.29, 1.82) is 0 Å². The molecule has 1 aromatic heterocycles. The smallest absolute Gasteiger partial charge is 0.309 e. The summed E-state index contributed by atoms with van der Waals surface area (Å²) in [4.78, 5) is 42.8. The Kier molecular flexibility index (Phi) is 11.1. The van der Waals surface area contributed by atoms with Gasteiger partial charge in [-0.25, -0.2) is 0 Å². The molecule has 2 heterocycles. The molecule has 41 heavy (non-hydrogen) atoms. The van der Waals surface area contributed by atoms with Crippen LogP contribution in [-0.2, 0) is 32.0 Å². The summed E-state index contributed by atoms with van der Waals surface area (Å²) >= 11 is 0. The summed E-state index contributed by atoms with van der Waals surface area (Å²) in [7, 11) is 0. The maximum atomic E-state index is 13.5. The third-order valence-electron chi connectivity index (χ3n) is 7.57. The molecule has 218 valence electrons. The van der Waals surface area contributed by atoms with Crippen LogP contribution in [0.4, 0.5) is 0 Å². The number of H-pyrrole nitrogens is 1. The zero-order chi connectivity index (χ0) is 29.0. The van der Waals surface area contributed by atoms with Gasteiger partial charge in [-0.05, 0) is 62.6 Å². The molecule has 8 heteroatoms. The van der Waals surface area contributed by atoms with Crippen molar-refractivity contribution >= 4 is 28.7 Å². The molecule has 4 atom stereocenters. The number of amides is 2. The van der Waals surface area contributed by atoms with Gasteiger partial charge >= 0.3 is 5.97 Å². The van der Waals surface area contributed by atoms with E-state index in [1.165, 1.54) is 0 Å². The van der Waals surface area contributed by atoms with Crippen molar-refractivity contribution in [1.82, 2.24) is 15.6 Å². The second kappa shape index (κ2) is 15.2. The van der Waals surface area contributed by atoms with Gasteiger partial charge in [0, 0.05) is 29.6 Å². The lowest BCUT2D eigenvalue weighted by molar-refractivity contribution is -0.150. The zero-order valence-electron chi connectivity index (χ0n) is 23.7. The van der Waals surface area contributed by atoms with E-state index < -0.39 is 18.0 Å². The van der Waals surface area contributed by atoms with E-state index in [-0.39, 0.29) is 43.3 Å². The van der Waals surface area contributed by atoms with Gasteiger partial charge in [0.25, 0.3) is 0 Å². The molecule has 0 spiro atoms. The molecule has 4 unspecified atom stereocenters. The first-order valence-electron chi connectivity index (χ1n) is 14.5. The molecule has 1 aliphatic heterocycles. The number of carbonyl (C=O) groups excluding carboxylic acids is 3. The number of fused-ring (bicyclic) bond motifs is 1. The minimum Gasteiger partial charge on any atom is -0.463 e. The SMILES string of the molecule is CC(CO)NC(=O)CC1CC=CCCCC(Cc2ccccc2)C(=O)OCC(Cc2c[nH]c3ccccc23)NC1=O. The van der Waals surface area contributed by atoms with Gasteiger partial charge in [-0.3, -0.25) is 14.4 Å². The zero-order valence-corrected chi connectivity index (χ0v) is 23.7. The van der Waals surface area contributed by atoms with Crippen LogP contribution < -0.4 is 10.6 Å². The standard InChI is InChI=1S/C33H41N3O5/c1-23(21-37)35-31(38)19-25-13-7-2-3-8-14-26(17-24-11-5-4-6-12-24)33(40)41-22-28(36-32(25)39)18-27-20-34-30-16-10-9-15-29(27)30/h2,4-7,9-12,15-16,20,23,25-26,28,34,37H,3,8,13-14,17-19,21-22H2,1H3,(H,35,38)(H,36,39). The van der Waals surface area contributed by atoms with Gasteiger partial charge in [0.15, 0.2) is 0 Å². The Morgan fingerprint density at radius 3 is 2.63 bits per heavy atom. The maximum absolute atomic E-state index is 13.5. The highest BCUT2D eigenvalue weighted by Gasteiger charge is 2.27. The van der Waals surface area contributed by atoms with E-state index in [9.17, 15) is 19.5 Å². The van der Waals surface area contributed by atoms with Gasteiger partial charge in [0.2, 0.25) is 11.8 Å². The third-order valence-corrected chi connectivity index (χ3v) is 7.57. The molecule has 2 aromatic carbocycles. The monoisotopic (exact) mass is 559 g/mol. The summed E-state index contributed by atoms with van der Waals surface area (Å²) in [6.45, 7) is 1.57. The van der Waals surface area contributed by atoms with Gasteiger partial charge in [-0.1, -0.05) is 60.7 Å². The summed E-state index contributed by atoms with van der Waals surface area (Å²) in [5, 5.41) is 16.2. The van der Waals surface area contributed by atoms with Crippen LogP contribution >= 0.6 is 0 Å². The Morgan fingerprint density at radius 2 is 1.83 bits per heavy atom. The van der Waals surface area contributed by atoms with E-state index in [0.717, 1.165) is 34.9 Å². The van der Waals surface area contributed by atoms with Crippen LogP contribution in [0.5, 0.6) is 0 Å². The van der Waals surface area contributed by atoms with E-state index >= 15 is 0 Å². The molecule has 0 saturated carbocycles. The highest BCUT2D eigenvalue weighted by atomic mass is 16.5. The van der Waals surface area contributed by atoms with E-state index in [4.69, 9.17) is 4.74 Å². The van der Waals surface area contributed by atoms with E-state index in [2.05, 4.69) is 15.6 Å². The van der Waals surface area contributed by atoms with Crippen molar-refractivity contribution in [2.75, 3.05) is 13.2 Å². The molecule has 2 amide bonds. The van der Waals surface area contributed by atoms with Crippen LogP contribution in [0, 0.1) is 11.8 Å². The fourth-order valence-electron chi connectivity index (χ4n) is 5.29. The Hall–Kier alpha value is -3.91. The Balaban J connectivity index is 1.55. The van der Waals surface area contributed by atoms with Gasteiger partial charge in [-0.15, -0.1) is 0 Å². The average molecular weight is 560 g/mol. The average Bonchev–Trinajstić information content (AvgIpc) is 3.38. The molecular formula is C33H41N3O5. The normalized spacial score (nSPS) is 21.5. The van der Waals surface area contributed by atoms with Gasteiger partial charge in [0.1, 0.15) is 6.61 Å².